The number of carbonyl (C=O) groups is 2. The fourth-order valence-corrected chi connectivity index (χ4v) is 4.47. The second-order valence-corrected chi connectivity index (χ2v) is 9.16. The van der Waals surface area contributed by atoms with Gasteiger partial charge in [-0.2, -0.15) is 5.26 Å². The van der Waals surface area contributed by atoms with Crippen molar-refractivity contribution in [2.45, 2.75) is 24.8 Å². The van der Waals surface area contributed by atoms with E-state index >= 15 is 0 Å². The van der Waals surface area contributed by atoms with Crippen LogP contribution in [0.3, 0.4) is 0 Å². The third-order valence-electron chi connectivity index (χ3n) is 4.27. The molecule has 152 valence electrons. The molecule has 2 aromatic rings. The molecule has 2 amide bonds. The largest absolute Gasteiger partial charge is 0.342 e. The van der Waals surface area contributed by atoms with Crippen molar-refractivity contribution >= 4 is 55.0 Å². The molecule has 0 radical (unpaired) electrons. The van der Waals surface area contributed by atoms with Crippen LogP contribution < -0.4 is 5.32 Å². The summed E-state index contributed by atoms with van der Waals surface area (Å²) in [6.07, 6.45) is -0.173. The second-order valence-electron chi connectivity index (χ2n) is 6.45. The number of nitrogens with zero attached hydrogens (tertiary/aromatic N) is 3. The molecule has 6 nitrogen and oxygen atoms in total. The Morgan fingerprint density at radius 2 is 2.17 bits per heavy atom. The van der Waals surface area contributed by atoms with Crippen LogP contribution >= 0.6 is 43.2 Å². The number of rotatable bonds is 5. The minimum Gasteiger partial charge on any atom is -0.342 e. The third kappa shape index (κ3) is 5.38. The van der Waals surface area contributed by atoms with Gasteiger partial charge in [-0.05, 0) is 23.8 Å². The van der Waals surface area contributed by atoms with E-state index in [2.05, 4.69) is 42.2 Å². The summed E-state index contributed by atoms with van der Waals surface area (Å²) in [6.45, 7) is -1.29. The molecule has 1 fully saturated rings. The summed E-state index contributed by atoms with van der Waals surface area (Å²) in [5, 5.41) is 13.6. The van der Waals surface area contributed by atoms with Crippen LogP contribution in [0.4, 0.5) is 8.78 Å². The Morgan fingerprint density at radius 1 is 1.41 bits per heavy atom. The lowest BCUT2D eigenvalue weighted by Crippen LogP contribution is -2.43. The van der Waals surface area contributed by atoms with Crippen LogP contribution in [0.1, 0.15) is 27.5 Å². The lowest BCUT2D eigenvalue weighted by atomic mass is 10.2. The average molecular weight is 548 g/mol. The van der Waals surface area contributed by atoms with E-state index in [1.165, 1.54) is 11.3 Å². The summed E-state index contributed by atoms with van der Waals surface area (Å²) >= 11 is 8.19. The number of alkyl halides is 2. The van der Waals surface area contributed by atoms with Crippen molar-refractivity contribution in [2.75, 3.05) is 13.1 Å². The number of nitrogens with one attached hydrogen (secondary N) is 1. The lowest BCUT2D eigenvalue weighted by Gasteiger charge is -2.19. The van der Waals surface area contributed by atoms with E-state index in [4.69, 9.17) is 5.26 Å². The van der Waals surface area contributed by atoms with Gasteiger partial charge in [0.25, 0.3) is 11.8 Å². The summed E-state index contributed by atoms with van der Waals surface area (Å²) in [4.78, 5) is 29.5. The monoisotopic (exact) mass is 546 g/mol. The van der Waals surface area contributed by atoms with Gasteiger partial charge in [-0.3, -0.25) is 9.59 Å². The molecule has 0 aliphatic carbocycles. The number of likely N-dealkylation sites (tertiary alicyclic amines) is 1. The molecule has 0 saturated carbocycles. The number of benzene rings is 1. The van der Waals surface area contributed by atoms with E-state index in [0.717, 1.165) is 19.4 Å². The molecule has 0 bridgehead atoms. The first kappa shape index (κ1) is 21.8. The Hall–Kier alpha value is -1.90. The Balaban J connectivity index is 1.59. The molecule has 1 aliphatic heterocycles. The van der Waals surface area contributed by atoms with Gasteiger partial charge in [0.2, 0.25) is 5.91 Å². The average Bonchev–Trinajstić information content (AvgIpc) is 3.26. The molecule has 1 aromatic carbocycles. The number of hydrogen-bond acceptors (Lipinski definition) is 5. The van der Waals surface area contributed by atoms with Crippen molar-refractivity contribution in [1.29, 1.82) is 5.26 Å². The highest BCUT2D eigenvalue weighted by atomic mass is 79.9. The number of carbonyl (C=O) groups excluding carboxylic acids is 2. The van der Waals surface area contributed by atoms with Crippen LogP contribution in [0.15, 0.2) is 32.5 Å². The van der Waals surface area contributed by atoms with Crippen LogP contribution in [0.2, 0.25) is 0 Å². The number of thiazole rings is 1. The molecule has 1 saturated heterocycles. The van der Waals surface area contributed by atoms with Gasteiger partial charge in [0, 0.05) is 27.2 Å². The van der Waals surface area contributed by atoms with Gasteiger partial charge in [-0.1, -0.05) is 31.9 Å². The standard InChI is InChI=1S/C18H14Br2F2N4O2S/c19-11-1-2-13(20)10(3-11)4-15-25-14(8-29-15)17(28)24-7-16(27)26-9-18(21,22)5-12(26)6-23/h1-3,8,12H,4-5,7,9H2,(H,24,28)/t12-/m0/s1. The van der Waals surface area contributed by atoms with Crippen LogP contribution in [0.5, 0.6) is 0 Å². The zero-order valence-electron chi connectivity index (χ0n) is 14.8. The molecule has 1 atom stereocenters. The fraction of sp³-hybridized carbons (Fsp3) is 0.333. The van der Waals surface area contributed by atoms with Crippen molar-refractivity contribution in [3.8, 4) is 6.07 Å². The maximum atomic E-state index is 13.4. The SMILES string of the molecule is N#C[C@@H]1CC(F)(F)CN1C(=O)CNC(=O)c1csc(Cc2cc(Br)ccc2Br)n1. The molecule has 1 aliphatic rings. The highest BCUT2D eigenvalue weighted by Crippen LogP contribution is 2.31. The number of amides is 2. The predicted molar refractivity (Wildman–Crippen MR) is 110 cm³/mol. The Kier molecular flexibility index (Phi) is 6.65. The minimum atomic E-state index is -3.09. The predicted octanol–water partition coefficient (Wildman–Crippen LogP) is 3.75. The summed E-state index contributed by atoms with van der Waals surface area (Å²) in [5.74, 6) is -4.39. The molecular weight excluding hydrogens is 534 g/mol. The number of aromatic nitrogens is 1. The first-order valence-electron chi connectivity index (χ1n) is 8.42. The van der Waals surface area contributed by atoms with Gasteiger partial charge < -0.3 is 10.2 Å². The van der Waals surface area contributed by atoms with E-state index in [1.54, 1.807) is 11.4 Å². The van der Waals surface area contributed by atoms with Crippen LogP contribution in [-0.2, 0) is 11.2 Å². The van der Waals surface area contributed by atoms with E-state index in [1.807, 2.05) is 18.2 Å². The first-order valence-corrected chi connectivity index (χ1v) is 10.9. The molecule has 3 rings (SSSR count). The molecule has 11 heteroatoms. The van der Waals surface area contributed by atoms with Gasteiger partial charge in [0.15, 0.2) is 0 Å². The molecule has 1 aromatic heterocycles. The first-order chi connectivity index (χ1) is 13.7. The quantitative estimate of drug-likeness (QED) is 0.617. The Bertz CT molecular complexity index is 992. The maximum Gasteiger partial charge on any atom is 0.271 e. The maximum absolute atomic E-state index is 13.4. The van der Waals surface area contributed by atoms with E-state index in [9.17, 15) is 18.4 Å². The topological polar surface area (TPSA) is 86.1 Å². The van der Waals surface area contributed by atoms with Gasteiger partial charge in [-0.15, -0.1) is 11.3 Å². The fourth-order valence-electron chi connectivity index (χ4n) is 2.88. The molecule has 1 N–H and O–H groups in total. The lowest BCUT2D eigenvalue weighted by molar-refractivity contribution is -0.131. The van der Waals surface area contributed by atoms with Gasteiger partial charge in [-0.25, -0.2) is 13.8 Å². The van der Waals surface area contributed by atoms with Gasteiger partial charge in [0.1, 0.15) is 11.7 Å². The molecule has 29 heavy (non-hydrogen) atoms. The van der Waals surface area contributed by atoms with Gasteiger partial charge >= 0.3 is 0 Å². The van der Waals surface area contributed by atoms with Crippen LogP contribution in [0, 0.1) is 11.3 Å². The number of halogens is 4. The summed E-state index contributed by atoms with van der Waals surface area (Å²) < 4.78 is 28.7. The zero-order chi connectivity index (χ0) is 21.2. The smallest absolute Gasteiger partial charge is 0.271 e. The van der Waals surface area contributed by atoms with E-state index in [0.29, 0.717) is 11.4 Å². The van der Waals surface area contributed by atoms with Crippen LogP contribution in [-0.4, -0.2) is 46.8 Å². The third-order valence-corrected chi connectivity index (χ3v) is 6.39. The Labute approximate surface area is 186 Å². The van der Waals surface area contributed by atoms with Crippen molar-refractivity contribution in [3.05, 3.63) is 48.8 Å². The molecule has 2 heterocycles. The summed E-state index contributed by atoms with van der Waals surface area (Å²) in [7, 11) is 0. The van der Waals surface area contributed by atoms with Crippen molar-refractivity contribution in [1.82, 2.24) is 15.2 Å². The van der Waals surface area contributed by atoms with E-state index in [-0.39, 0.29) is 5.69 Å². The Morgan fingerprint density at radius 3 is 2.90 bits per heavy atom. The van der Waals surface area contributed by atoms with E-state index < -0.39 is 43.3 Å². The second kappa shape index (κ2) is 8.85. The van der Waals surface area contributed by atoms with Crippen LogP contribution in [0.25, 0.3) is 0 Å². The van der Waals surface area contributed by atoms with Crippen molar-refractivity contribution in [2.24, 2.45) is 0 Å². The van der Waals surface area contributed by atoms with Crippen molar-refractivity contribution < 1.29 is 18.4 Å². The summed E-state index contributed by atoms with van der Waals surface area (Å²) in [5.41, 5.74) is 1.14. The number of hydrogen-bond donors (Lipinski definition) is 1. The minimum absolute atomic E-state index is 0.146. The molecule has 0 unspecified atom stereocenters. The molecule has 0 spiro atoms. The normalized spacial score (nSPS) is 17.8. The van der Waals surface area contributed by atoms with Crippen molar-refractivity contribution in [3.63, 3.8) is 0 Å². The highest BCUT2D eigenvalue weighted by molar-refractivity contribution is 9.11. The molecular formula is C18H14Br2F2N4O2S. The highest BCUT2D eigenvalue weighted by Gasteiger charge is 2.47. The number of nitriles is 1. The van der Waals surface area contributed by atoms with Gasteiger partial charge in [0.05, 0.1) is 24.2 Å². The zero-order valence-corrected chi connectivity index (χ0v) is 18.8. The summed E-state index contributed by atoms with van der Waals surface area (Å²) in [6, 6.07) is 6.26.